The third-order valence-corrected chi connectivity index (χ3v) is 7.92. The van der Waals surface area contributed by atoms with Crippen LogP contribution in [0.1, 0.15) is 64.0 Å². The number of halogens is 1. The highest BCUT2D eigenvalue weighted by atomic mass is 35.5. The number of carbonyl (C=O) groups excluding carboxylic acids is 2. The molecule has 4 rings (SSSR count). The average Bonchev–Trinajstić information content (AvgIpc) is 2.90. The Morgan fingerprint density at radius 2 is 1.55 bits per heavy atom. The van der Waals surface area contributed by atoms with Crippen LogP contribution in [0.2, 0.25) is 0 Å². The number of hydrogen-bond donors (Lipinski definition) is 1. The average molecular weight is 571 g/mol. The lowest BCUT2D eigenvalue weighted by molar-refractivity contribution is -0.161. The van der Waals surface area contributed by atoms with Gasteiger partial charge in [-0.05, 0) is 81.1 Å². The minimum Gasteiger partial charge on any atom is -0.457 e. The smallest absolute Gasteiger partial charge is 0.246 e. The molecule has 0 aliphatic carbocycles. The molecule has 2 saturated heterocycles. The number of carbonyl (C=O) groups is 2. The SMILES string of the molecule is CCCCN1C(=O)[C@H](CC(C)C)NC(=O)C12CCN(Cc1ccc(Oc3ccc(CN(C)C)cc3)cc1)CC2.Cl. The summed E-state index contributed by atoms with van der Waals surface area (Å²) in [4.78, 5) is 33.4. The van der Waals surface area contributed by atoms with Gasteiger partial charge in [0.2, 0.25) is 11.8 Å². The zero-order valence-corrected chi connectivity index (χ0v) is 25.6. The van der Waals surface area contributed by atoms with Crippen LogP contribution in [0.25, 0.3) is 0 Å². The molecular formula is C32H47ClN4O3. The largest absolute Gasteiger partial charge is 0.457 e. The van der Waals surface area contributed by atoms with Gasteiger partial charge in [0.15, 0.2) is 0 Å². The molecule has 7 nitrogen and oxygen atoms in total. The van der Waals surface area contributed by atoms with E-state index in [1.54, 1.807) is 0 Å². The molecule has 0 radical (unpaired) electrons. The molecule has 2 fully saturated rings. The topological polar surface area (TPSA) is 65.1 Å². The Hall–Kier alpha value is -2.61. The molecule has 0 bridgehead atoms. The molecule has 0 unspecified atom stereocenters. The summed E-state index contributed by atoms with van der Waals surface area (Å²) in [6, 6.07) is 16.1. The number of unbranched alkanes of at least 4 members (excludes halogenated alkanes) is 1. The molecule has 0 saturated carbocycles. The lowest BCUT2D eigenvalue weighted by atomic mass is 9.80. The molecular weight excluding hydrogens is 524 g/mol. The molecule has 1 atom stereocenters. The lowest BCUT2D eigenvalue weighted by Gasteiger charge is -2.52. The highest BCUT2D eigenvalue weighted by molar-refractivity contribution is 6.00. The van der Waals surface area contributed by atoms with Crippen molar-refractivity contribution in [2.45, 2.75) is 77.5 Å². The Balaban J connectivity index is 0.00000441. The van der Waals surface area contributed by atoms with Gasteiger partial charge in [-0.3, -0.25) is 14.5 Å². The molecule has 2 aliphatic heterocycles. The molecule has 2 aromatic carbocycles. The van der Waals surface area contributed by atoms with Gasteiger partial charge >= 0.3 is 0 Å². The third-order valence-electron chi connectivity index (χ3n) is 7.92. The van der Waals surface area contributed by atoms with Gasteiger partial charge in [-0.1, -0.05) is 51.5 Å². The van der Waals surface area contributed by atoms with E-state index in [4.69, 9.17) is 4.74 Å². The maximum atomic E-state index is 13.5. The Bertz CT molecular complexity index is 1100. The minimum absolute atomic E-state index is 0. The number of benzene rings is 2. The number of nitrogens with one attached hydrogen (secondary N) is 1. The molecule has 2 aromatic rings. The number of hydrogen-bond acceptors (Lipinski definition) is 5. The predicted molar refractivity (Wildman–Crippen MR) is 163 cm³/mol. The first-order valence-corrected chi connectivity index (χ1v) is 14.6. The van der Waals surface area contributed by atoms with Crippen molar-refractivity contribution in [2.75, 3.05) is 33.7 Å². The number of nitrogens with zero attached hydrogens (tertiary/aromatic N) is 3. The van der Waals surface area contributed by atoms with Crippen LogP contribution in [0.5, 0.6) is 11.5 Å². The first-order chi connectivity index (χ1) is 18.7. The third kappa shape index (κ3) is 7.77. The molecule has 2 aliphatic rings. The molecule has 1 N–H and O–H groups in total. The van der Waals surface area contributed by atoms with Crippen LogP contribution in [-0.4, -0.2) is 71.8 Å². The summed E-state index contributed by atoms with van der Waals surface area (Å²) in [6.45, 7) is 10.3. The second-order valence-corrected chi connectivity index (χ2v) is 11.9. The summed E-state index contributed by atoms with van der Waals surface area (Å²) in [5.41, 5.74) is 1.75. The van der Waals surface area contributed by atoms with Gasteiger partial charge in [-0.15, -0.1) is 12.4 Å². The van der Waals surface area contributed by atoms with E-state index >= 15 is 0 Å². The van der Waals surface area contributed by atoms with E-state index < -0.39 is 11.6 Å². The summed E-state index contributed by atoms with van der Waals surface area (Å²) in [5, 5.41) is 3.10. The number of rotatable bonds is 11. The van der Waals surface area contributed by atoms with Crippen LogP contribution < -0.4 is 10.1 Å². The Labute approximate surface area is 246 Å². The van der Waals surface area contributed by atoms with Gasteiger partial charge in [-0.25, -0.2) is 0 Å². The van der Waals surface area contributed by atoms with Crippen molar-refractivity contribution in [3.05, 3.63) is 59.7 Å². The van der Waals surface area contributed by atoms with Crippen molar-refractivity contribution in [1.82, 2.24) is 20.0 Å². The van der Waals surface area contributed by atoms with Crippen LogP contribution in [0, 0.1) is 5.92 Å². The quantitative estimate of drug-likeness (QED) is 0.388. The monoisotopic (exact) mass is 570 g/mol. The van der Waals surface area contributed by atoms with Crippen molar-refractivity contribution >= 4 is 24.2 Å². The highest BCUT2D eigenvalue weighted by Crippen LogP contribution is 2.35. The van der Waals surface area contributed by atoms with Crippen LogP contribution in [0.3, 0.4) is 0 Å². The fourth-order valence-electron chi connectivity index (χ4n) is 5.81. The summed E-state index contributed by atoms with van der Waals surface area (Å²) >= 11 is 0. The van der Waals surface area contributed by atoms with Crippen molar-refractivity contribution in [2.24, 2.45) is 5.92 Å². The fraction of sp³-hybridized carbons (Fsp3) is 0.562. The second kappa shape index (κ2) is 14.3. The van der Waals surface area contributed by atoms with E-state index in [1.165, 1.54) is 11.1 Å². The summed E-state index contributed by atoms with van der Waals surface area (Å²) in [6.07, 6.45) is 3.97. The van der Waals surface area contributed by atoms with E-state index in [-0.39, 0.29) is 24.2 Å². The van der Waals surface area contributed by atoms with Crippen molar-refractivity contribution in [1.29, 1.82) is 0 Å². The maximum Gasteiger partial charge on any atom is 0.246 e. The fourth-order valence-corrected chi connectivity index (χ4v) is 5.81. The van der Waals surface area contributed by atoms with Gasteiger partial charge < -0.3 is 19.9 Å². The lowest BCUT2D eigenvalue weighted by Crippen LogP contribution is -2.73. The summed E-state index contributed by atoms with van der Waals surface area (Å²) < 4.78 is 6.05. The first kappa shape index (κ1) is 31.9. The van der Waals surface area contributed by atoms with Gasteiger partial charge in [0.25, 0.3) is 0 Å². The second-order valence-electron chi connectivity index (χ2n) is 11.9. The van der Waals surface area contributed by atoms with E-state index in [1.807, 2.05) is 29.2 Å². The van der Waals surface area contributed by atoms with Crippen molar-refractivity contribution in [3.63, 3.8) is 0 Å². The zero-order valence-electron chi connectivity index (χ0n) is 24.8. The summed E-state index contributed by atoms with van der Waals surface area (Å²) in [5.74, 6) is 2.15. The predicted octanol–water partition coefficient (Wildman–Crippen LogP) is 5.47. The van der Waals surface area contributed by atoms with E-state index in [2.05, 4.69) is 74.2 Å². The Kier molecular flexibility index (Phi) is 11.4. The van der Waals surface area contributed by atoms with Crippen molar-refractivity contribution < 1.29 is 14.3 Å². The molecule has 2 amide bonds. The number of likely N-dealkylation sites (tertiary alicyclic amines) is 1. The van der Waals surface area contributed by atoms with E-state index in [0.29, 0.717) is 31.7 Å². The van der Waals surface area contributed by atoms with Gasteiger partial charge in [0, 0.05) is 32.7 Å². The maximum absolute atomic E-state index is 13.5. The minimum atomic E-state index is -0.712. The van der Waals surface area contributed by atoms with E-state index in [0.717, 1.165) is 50.5 Å². The standard InChI is InChI=1S/C32H46N4O3.ClH/c1-6-7-18-36-30(37)29(21-24(2)3)33-31(38)32(36)16-19-35(20-17-32)23-26-10-14-28(15-11-26)39-27-12-8-25(9-13-27)22-34(4)5;/h8-15,24,29H,6-7,16-23H2,1-5H3,(H,33,38);1H/t29-;/m0./s1. The molecule has 8 heteroatoms. The number of piperazine rings is 1. The highest BCUT2D eigenvalue weighted by Gasteiger charge is 2.53. The molecule has 0 aromatic heterocycles. The van der Waals surface area contributed by atoms with Crippen LogP contribution in [0.15, 0.2) is 48.5 Å². The van der Waals surface area contributed by atoms with Gasteiger partial charge in [-0.2, -0.15) is 0 Å². The zero-order chi connectivity index (χ0) is 28.0. The van der Waals surface area contributed by atoms with E-state index in [9.17, 15) is 9.59 Å². The number of amides is 2. The number of ether oxygens (including phenoxy) is 1. The molecule has 40 heavy (non-hydrogen) atoms. The van der Waals surface area contributed by atoms with Gasteiger partial charge in [0.05, 0.1) is 0 Å². The molecule has 2 heterocycles. The summed E-state index contributed by atoms with van der Waals surface area (Å²) in [7, 11) is 4.12. The van der Waals surface area contributed by atoms with Gasteiger partial charge in [0.1, 0.15) is 23.1 Å². The Morgan fingerprint density at radius 3 is 2.08 bits per heavy atom. The molecule has 1 spiro atoms. The Morgan fingerprint density at radius 1 is 0.975 bits per heavy atom. The van der Waals surface area contributed by atoms with Crippen LogP contribution >= 0.6 is 12.4 Å². The normalized spacial score (nSPS) is 19.2. The van der Waals surface area contributed by atoms with Crippen molar-refractivity contribution in [3.8, 4) is 11.5 Å². The number of piperidine rings is 1. The first-order valence-electron chi connectivity index (χ1n) is 14.6. The molecule has 220 valence electrons. The van der Waals surface area contributed by atoms with Crippen LogP contribution in [0.4, 0.5) is 0 Å². The van der Waals surface area contributed by atoms with Crippen LogP contribution in [-0.2, 0) is 22.7 Å².